The van der Waals surface area contributed by atoms with Gasteiger partial charge in [-0.2, -0.15) is 0 Å². The van der Waals surface area contributed by atoms with Gasteiger partial charge in [-0.3, -0.25) is 0 Å². The fourth-order valence-corrected chi connectivity index (χ4v) is 3.75. The Hall–Kier alpha value is -1.02. The van der Waals surface area contributed by atoms with E-state index in [9.17, 15) is 5.11 Å². The maximum Gasteiger partial charge on any atom is 0.123 e. The molecule has 0 radical (unpaired) electrons. The van der Waals surface area contributed by atoms with Crippen molar-refractivity contribution < 1.29 is 9.84 Å². The molecule has 118 valence electrons. The first-order valence-electron chi connectivity index (χ1n) is 8.26. The van der Waals surface area contributed by atoms with Crippen molar-refractivity contribution in [1.29, 1.82) is 0 Å². The summed E-state index contributed by atoms with van der Waals surface area (Å²) in [6.07, 6.45) is 3.17. The molecule has 2 rings (SSSR count). The van der Waals surface area contributed by atoms with Crippen molar-refractivity contribution in [3.05, 3.63) is 29.8 Å². The number of hydrogen-bond acceptors (Lipinski definition) is 2. The lowest BCUT2D eigenvalue weighted by Gasteiger charge is -2.43. The van der Waals surface area contributed by atoms with Gasteiger partial charge in [0.1, 0.15) is 5.75 Å². The summed E-state index contributed by atoms with van der Waals surface area (Å²) in [7, 11) is 0. The highest BCUT2D eigenvalue weighted by Gasteiger charge is 2.40. The first-order chi connectivity index (χ1) is 9.82. The maximum atomic E-state index is 10.6. The monoisotopic (exact) mass is 290 g/mol. The van der Waals surface area contributed by atoms with E-state index in [2.05, 4.69) is 52.8 Å². The van der Waals surface area contributed by atoms with Crippen LogP contribution in [0.25, 0.3) is 0 Å². The van der Waals surface area contributed by atoms with E-state index in [1.54, 1.807) is 0 Å². The summed E-state index contributed by atoms with van der Waals surface area (Å²) in [5.74, 6) is 1.89. The normalized spacial score (nSPS) is 26.9. The van der Waals surface area contributed by atoms with E-state index in [0.29, 0.717) is 11.8 Å². The third kappa shape index (κ3) is 3.60. The lowest BCUT2D eigenvalue weighted by atomic mass is 9.64. The molecule has 1 aromatic carbocycles. The van der Waals surface area contributed by atoms with E-state index in [1.807, 2.05) is 6.07 Å². The van der Waals surface area contributed by atoms with Crippen molar-refractivity contribution >= 4 is 0 Å². The van der Waals surface area contributed by atoms with E-state index in [0.717, 1.165) is 18.6 Å². The first kappa shape index (κ1) is 16.4. The standard InChI is InChI=1S/C19H30O2/c1-13(2)21-18-9-7-6-8-16(18)19(4,5)15-11-10-14(3)12-17(15)20/h6-9,13-15,17,20H,10-12H2,1-5H3. The molecule has 0 aromatic heterocycles. The highest BCUT2D eigenvalue weighted by atomic mass is 16.5. The molecule has 1 aliphatic rings. The Kier molecular flexibility index (Phi) is 4.98. The molecule has 0 aliphatic heterocycles. The van der Waals surface area contributed by atoms with Gasteiger partial charge in [0.2, 0.25) is 0 Å². The van der Waals surface area contributed by atoms with Crippen LogP contribution in [0.1, 0.15) is 59.4 Å². The molecule has 1 saturated carbocycles. The number of hydrogen-bond donors (Lipinski definition) is 1. The molecular formula is C19H30O2. The molecule has 2 heteroatoms. The summed E-state index contributed by atoms with van der Waals surface area (Å²) in [5, 5.41) is 10.6. The minimum atomic E-state index is -0.212. The Bertz CT molecular complexity index is 464. The molecule has 0 spiro atoms. The highest BCUT2D eigenvalue weighted by molar-refractivity contribution is 5.39. The van der Waals surface area contributed by atoms with Crippen molar-refractivity contribution in [3.63, 3.8) is 0 Å². The second kappa shape index (κ2) is 6.39. The largest absolute Gasteiger partial charge is 0.491 e. The van der Waals surface area contributed by atoms with Crippen molar-refractivity contribution in [2.75, 3.05) is 0 Å². The summed E-state index contributed by atoms with van der Waals surface area (Å²) in [6, 6.07) is 8.30. The lowest BCUT2D eigenvalue weighted by molar-refractivity contribution is 0.0135. The Balaban J connectivity index is 2.30. The van der Waals surface area contributed by atoms with Gasteiger partial charge in [-0.25, -0.2) is 0 Å². The average Bonchev–Trinajstić information content (AvgIpc) is 2.37. The molecular weight excluding hydrogens is 260 g/mol. The molecule has 1 fully saturated rings. The molecule has 0 bridgehead atoms. The van der Waals surface area contributed by atoms with Crippen LogP contribution >= 0.6 is 0 Å². The van der Waals surface area contributed by atoms with Gasteiger partial charge >= 0.3 is 0 Å². The Morgan fingerprint density at radius 3 is 2.48 bits per heavy atom. The number of aliphatic hydroxyl groups excluding tert-OH is 1. The SMILES string of the molecule is CC1CCC(C(C)(C)c2ccccc2OC(C)C)C(O)C1. The van der Waals surface area contributed by atoms with Crippen LogP contribution in [-0.4, -0.2) is 17.3 Å². The Labute approximate surface area is 129 Å². The third-order valence-corrected chi connectivity index (χ3v) is 4.95. The number of aliphatic hydroxyl groups is 1. The highest BCUT2D eigenvalue weighted by Crippen LogP contribution is 2.45. The van der Waals surface area contributed by atoms with Crippen LogP contribution in [0.5, 0.6) is 5.75 Å². The average molecular weight is 290 g/mol. The van der Waals surface area contributed by atoms with E-state index in [-0.39, 0.29) is 17.6 Å². The van der Waals surface area contributed by atoms with E-state index in [1.165, 1.54) is 12.0 Å². The maximum absolute atomic E-state index is 10.6. The Morgan fingerprint density at radius 2 is 1.86 bits per heavy atom. The van der Waals surface area contributed by atoms with Crippen LogP contribution in [0.15, 0.2) is 24.3 Å². The van der Waals surface area contributed by atoms with Gasteiger partial charge in [-0.05, 0) is 50.0 Å². The fraction of sp³-hybridized carbons (Fsp3) is 0.684. The van der Waals surface area contributed by atoms with Gasteiger partial charge in [0.15, 0.2) is 0 Å². The second-order valence-corrected chi connectivity index (χ2v) is 7.48. The van der Waals surface area contributed by atoms with Crippen LogP contribution in [0.4, 0.5) is 0 Å². The zero-order valence-corrected chi connectivity index (χ0v) is 14.1. The molecule has 21 heavy (non-hydrogen) atoms. The predicted molar refractivity (Wildman–Crippen MR) is 87.7 cm³/mol. The smallest absolute Gasteiger partial charge is 0.123 e. The third-order valence-electron chi connectivity index (χ3n) is 4.95. The van der Waals surface area contributed by atoms with E-state index in [4.69, 9.17) is 4.74 Å². The molecule has 3 atom stereocenters. The summed E-state index contributed by atoms with van der Waals surface area (Å²) in [4.78, 5) is 0. The van der Waals surface area contributed by atoms with E-state index >= 15 is 0 Å². The zero-order valence-electron chi connectivity index (χ0n) is 14.1. The Morgan fingerprint density at radius 1 is 1.19 bits per heavy atom. The number of para-hydroxylation sites is 1. The van der Waals surface area contributed by atoms with Crippen LogP contribution in [-0.2, 0) is 5.41 Å². The molecule has 3 unspecified atom stereocenters. The van der Waals surface area contributed by atoms with Crippen molar-refractivity contribution in [3.8, 4) is 5.75 Å². The van der Waals surface area contributed by atoms with Crippen LogP contribution in [0, 0.1) is 11.8 Å². The van der Waals surface area contributed by atoms with Crippen LogP contribution in [0.3, 0.4) is 0 Å². The minimum Gasteiger partial charge on any atom is -0.491 e. The molecule has 2 nitrogen and oxygen atoms in total. The summed E-state index contributed by atoms with van der Waals surface area (Å²) in [5.41, 5.74) is 1.14. The number of benzene rings is 1. The van der Waals surface area contributed by atoms with Crippen molar-refractivity contribution in [1.82, 2.24) is 0 Å². The fourth-order valence-electron chi connectivity index (χ4n) is 3.75. The summed E-state index contributed by atoms with van der Waals surface area (Å²) < 4.78 is 6.00. The minimum absolute atomic E-state index is 0.0783. The quantitative estimate of drug-likeness (QED) is 0.881. The predicted octanol–water partition coefficient (Wildman–Crippen LogP) is 4.55. The topological polar surface area (TPSA) is 29.5 Å². The molecule has 1 N–H and O–H groups in total. The summed E-state index contributed by atoms with van der Waals surface area (Å²) in [6.45, 7) is 10.9. The first-order valence-corrected chi connectivity index (χ1v) is 8.26. The lowest BCUT2D eigenvalue weighted by Crippen LogP contribution is -2.41. The van der Waals surface area contributed by atoms with Crippen LogP contribution < -0.4 is 4.74 Å². The van der Waals surface area contributed by atoms with Crippen molar-refractivity contribution in [2.45, 2.75) is 71.5 Å². The molecule has 1 aliphatic carbocycles. The van der Waals surface area contributed by atoms with E-state index < -0.39 is 0 Å². The van der Waals surface area contributed by atoms with Gasteiger partial charge in [0.05, 0.1) is 12.2 Å². The van der Waals surface area contributed by atoms with Crippen LogP contribution in [0.2, 0.25) is 0 Å². The van der Waals surface area contributed by atoms with Gasteiger partial charge in [-0.1, -0.05) is 45.4 Å². The molecule has 0 amide bonds. The molecule has 1 aromatic rings. The number of rotatable bonds is 4. The molecule has 0 heterocycles. The van der Waals surface area contributed by atoms with Gasteiger partial charge in [-0.15, -0.1) is 0 Å². The summed E-state index contributed by atoms with van der Waals surface area (Å²) >= 11 is 0. The van der Waals surface area contributed by atoms with Crippen molar-refractivity contribution in [2.24, 2.45) is 11.8 Å². The second-order valence-electron chi connectivity index (χ2n) is 7.48. The zero-order chi connectivity index (χ0) is 15.6. The van der Waals surface area contributed by atoms with Gasteiger partial charge in [0.25, 0.3) is 0 Å². The van der Waals surface area contributed by atoms with Gasteiger partial charge in [0, 0.05) is 5.56 Å². The molecule has 0 saturated heterocycles. The number of ether oxygens (including phenoxy) is 1. The van der Waals surface area contributed by atoms with Gasteiger partial charge < -0.3 is 9.84 Å².